The van der Waals surface area contributed by atoms with Crippen LogP contribution in [0.25, 0.3) is 0 Å². The van der Waals surface area contributed by atoms with Gasteiger partial charge in [0.05, 0.1) is 0 Å². The molecule has 0 amide bonds. The molecule has 0 aromatic heterocycles. The fraction of sp³-hybridized carbons (Fsp3) is 0.333. The van der Waals surface area contributed by atoms with E-state index in [0.29, 0.717) is 12.6 Å². The van der Waals surface area contributed by atoms with Crippen molar-refractivity contribution < 1.29 is 13.3 Å². The van der Waals surface area contributed by atoms with E-state index in [1.54, 1.807) is 14.2 Å². The Hall–Kier alpha value is -1.50. The van der Waals surface area contributed by atoms with Gasteiger partial charge in [-0.05, 0) is 24.1 Å². The Morgan fingerprint density at radius 2 is 1.35 bits per heavy atom. The summed E-state index contributed by atoms with van der Waals surface area (Å²) < 4.78 is 17.9. The van der Waals surface area contributed by atoms with E-state index >= 15 is 0 Å². The number of hydrogen-bond acceptors (Lipinski definition) is 4. The van der Waals surface area contributed by atoms with Crippen LogP contribution in [0.4, 0.5) is 0 Å². The van der Waals surface area contributed by atoms with Crippen molar-refractivity contribution in [3.05, 3.63) is 71.8 Å². The molecule has 0 bridgehead atoms. The second-order valence-electron chi connectivity index (χ2n) is 5.30. The maximum absolute atomic E-state index is 6.45. The van der Waals surface area contributed by atoms with Crippen molar-refractivity contribution in [2.45, 2.75) is 18.6 Å². The second-order valence-corrected chi connectivity index (χ2v) is 8.22. The Labute approximate surface area is 139 Å². The summed E-state index contributed by atoms with van der Waals surface area (Å²) in [5.74, 6) is 0. The number of nitrogens with two attached hydrogens (primary N) is 1. The lowest BCUT2D eigenvalue weighted by Crippen LogP contribution is -2.45. The van der Waals surface area contributed by atoms with E-state index in [9.17, 15) is 0 Å². The first-order valence-electron chi connectivity index (χ1n) is 7.83. The molecule has 0 spiro atoms. The third-order valence-electron chi connectivity index (χ3n) is 3.81. The van der Waals surface area contributed by atoms with Crippen LogP contribution in [0.15, 0.2) is 60.7 Å². The van der Waals surface area contributed by atoms with Crippen LogP contribution in [0.3, 0.4) is 0 Å². The van der Waals surface area contributed by atoms with Gasteiger partial charge in [0.25, 0.3) is 0 Å². The van der Waals surface area contributed by atoms with Crippen LogP contribution in [0.2, 0.25) is 6.04 Å². The zero-order valence-electron chi connectivity index (χ0n) is 13.8. The first-order chi connectivity index (χ1) is 11.2. The Morgan fingerprint density at radius 3 is 1.74 bits per heavy atom. The summed E-state index contributed by atoms with van der Waals surface area (Å²) in [5, 5.41) is 0. The summed E-state index contributed by atoms with van der Waals surface area (Å²) in [5.41, 5.74) is 7.82. The van der Waals surface area contributed by atoms with Crippen LogP contribution in [0, 0.1) is 0 Å². The van der Waals surface area contributed by atoms with Crippen LogP contribution in [-0.2, 0) is 13.3 Å². The average molecular weight is 331 g/mol. The molecule has 2 aromatic carbocycles. The molecule has 2 rings (SSSR count). The van der Waals surface area contributed by atoms with Crippen molar-refractivity contribution >= 4 is 8.80 Å². The third-order valence-corrected chi connectivity index (χ3v) is 6.62. The zero-order chi connectivity index (χ0) is 16.5. The van der Waals surface area contributed by atoms with Gasteiger partial charge in [-0.25, -0.2) is 0 Å². The lowest BCUT2D eigenvalue weighted by molar-refractivity contribution is 0.0701. The quantitative estimate of drug-likeness (QED) is 0.716. The van der Waals surface area contributed by atoms with Gasteiger partial charge < -0.3 is 19.0 Å². The molecule has 0 heterocycles. The van der Waals surface area contributed by atoms with Crippen LogP contribution in [-0.4, -0.2) is 29.6 Å². The minimum Gasteiger partial charge on any atom is -0.377 e. The maximum Gasteiger partial charge on any atom is 0.501 e. The Balaban J connectivity index is 2.33. The molecule has 0 saturated carbocycles. The Kier molecular flexibility index (Phi) is 6.95. The van der Waals surface area contributed by atoms with Gasteiger partial charge in [-0.3, -0.25) is 0 Å². The first-order valence-corrected chi connectivity index (χ1v) is 9.76. The average Bonchev–Trinajstić information content (AvgIpc) is 2.64. The predicted octanol–water partition coefficient (Wildman–Crippen LogP) is 3.37. The highest BCUT2D eigenvalue weighted by molar-refractivity contribution is 6.60. The predicted molar refractivity (Wildman–Crippen MR) is 94.1 cm³/mol. The van der Waals surface area contributed by atoms with Crippen LogP contribution in [0.5, 0.6) is 0 Å². The van der Waals surface area contributed by atoms with Gasteiger partial charge in [0, 0.05) is 20.3 Å². The molecule has 0 aliphatic carbocycles. The molecule has 124 valence electrons. The van der Waals surface area contributed by atoms with E-state index in [4.69, 9.17) is 19.0 Å². The summed E-state index contributed by atoms with van der Waals surface area (Å²) in [7, 11) is 0.531. The molecule has 0 saturated heterocycles. The summed E-state index contributed by atoms with van der Waals surface area (Å²) in [6, 6.07) is 21.0. The topological polar surface area (TPSA) is 53.7 Å². The molecule has 4 nitrogen and oxygen atoms in total. The molecule has 0 unspecified atom stereocenters. The fourth-order valence-electron chi connectivity index (χ4n) is 2.52. The van der Waals surface area contributed by atoms with Crippen molar-refractivity contribution in [2.24, 2.45) is 5.73 Å². The first kappa shape index (κ1) is 17.8. The lowest BCUT2D eigenvalue weighted by Gasteiger charge is -2.31. The Bertz CT molecular complexity index is 521. The van der Waals surface area contributed by atoms with Crippen molar-refractivity contribution in [1.82, 2.24) is 0 Å². The van der Waals surface area contributed by atoms with E-state index in [1.165, 1.54) is 0 Å². The van der Waals surface area contributed by atoms with Gasteiger partial charge in [-0.1, -0.05) is 60.7 Å². The maximum atomic E-state index is 6.45. The van der Waals surface area contributed by atoms with Gasteiger partial charge >= 0.3 is 8.80 Å². The standard InChI is InChI=1S/C18H25NO3Si/c1-20-23(21-2,15-9-14-19)22-18(16-10-5-3-6-11-16)17-12-7-4-8-13-17/h3-8,10-13,18H,9,14-15,19H2,1-2H3. The fourth-order valence-corrected chi connectivity index (χ4v) is 4.68. The minimum atomic E-state index is -2.77. The number of benzene rings is 2. The van der Waals surface area contributed by atoms with Crippen LogP contribution >= 0.6 is 0 Å². The Morgan fingerprint density at radius 1 is 0.870 bits per heavy atom. The zero-order valence-corrected chi connectivity index (χ0v) is 14.8. The van der Waals surface area contributed by atoms with E-state index in [1.807, 2.05) is 36.4 Å². The summed E-state index contributed by atoms with van der Waals surface area (Å²) >= 11 is 0. The molecule has 0 aliphatic rings. The van der Waals surface area contributed by atoms with Gasteiger partial charge in [0.2, 0.25) is 0 Å². The second kappa shape index (κ2) is 8.96. The number of hydrogen-bond donors (Lipinski definition) is 1. The summed E-state index contributed by atoms with van der Waals surface area (Å²) in [4.78, 5) is 0. The molecule has 23 heavy (non-hydrogen) atoms. The van der Waals surface area contributed by atoms with Crippen molar-refractivity contribution in [2.75, 3.05) is 20.8 Å². The van der Waals surface area contributed by atoms with E-state index < -0.39 is 8.80 Å². The van der Waals surface area contributed by atoms with Crippen molar-refractivity contribution in [1.29, 1.82) is 0 Å². The smallest absolute Gasteiger partial charge is 0.377 e. The molecule has 0 fully saturated rings. The summed E-state index contributed by atoms with van der Waals surface area (Å²) in [6.07, 6.45) is 0.589. The molecule has 0 radical (unpaired) electrons. The van der Waals surface area contributed by atoms with E-state index in [-0.39, 0.29) is 6.10 Å². The third kappa shape index (κ3) is 4.73. The van der Waals surface area contributed by atoms with Crippen LogP contribution < -0.4 is 5.73 Å². The van der Waals surface area contributed by atoms with Crippen LogP contribution in [0.1, 0.15) is 23.7 Å². The molecule has 0 aliphatic heterocycles. The monoisotopic (exact) mass is 331 g/mol. The number of rotatable bonds is 9. The van der Waals surface area contributed by atoms with Gasteiger partial charge in [-0.2, -0.15) is 0 Å². The molecule has 0 atom stereocenters. The van der Waals surface area contributed by atoms with Crippen molar-refractivity contribution in [3.8, 4) is 0 Å². The minimum absolute atomic E-state index is 0.221. The van der Waals surface area contributed by atoms with E-state index in [0.717, 1.165) is 17.5 Å². The van der Waals surface area contributed by atoms with Gasteiger partial charge in [0.15, 0.2) is 0 Å². The van der Waals surface area contributed by atoms with E-state index in [2.05, 4.69) is 24.3 Å². The molecule has 5 heteroatoms. The highest BCUT2D eigenvalue weighted by Gasteiger charge is 2.41. The highest BCUT2D eigenvalue weighted by Crippen LogP contribution is 2.31. The molecule has 2 N–H and O–H groups in total. The highest BCUT2D eigenvalue weighted by atomic mass is 28.4. The van der Waals surface area contributed by atoms with Gasteiger partial charge in [0.1, 0.15) is 6.10 Å². The molecular weight excluding hydrogens is 306 g/mol. The van der Waals surface area contributed by atoms with Gasteiger partial charge in [-0.15, -0.1) is 0 Å². The molecule has 2 aromatic rings. The molecular formula is C18H25NO3Si. The summed E-state index contributed by atoms with van der Waals surface area (Å²) in [6.45, 7) is 0.589. The SMILES string of the molecule is CO[Si](CCCN)(OC)OC(c1ccccc1)c1ccccc1. The largest absolute Gasteiger partial charge is 0.501 e. The van der Waals surface area contributed by atoms with Crippen molar-refractivity contribution in [3.63, 3.8) is 0 Å². The lowest BCUT2D eigenvalue weighted by atomic mass is 10.0. The normalized spacial score (nSPS) is 11.8.